The number of fused-ring (bicyclic) bond motifs is 1. The molecule has 1 atom stereocenters. The molecule has 0 saturated carbocycles. The van der Waals surface area contributed by atoms with E-state index in [2.05, 4.69) is 10.3 Å². The number of para-hydroxylation sites is 1. The van der Waals surface area contributed by atoms with Gasteiger partial charge in [0.25, 0.3) is 0 Å². The summed E-state index contributed by atoms with van der Waals surface area (Å²) in [6.07, 6.45) is -2.72. The molecule has 154 valence electrons. The van der Waals surface area contributed by atoms with Crippen molar-refractivity contribution in [2.45, 2.75) is 12.4 Å². The second kappa shape index (κ2) is 7.34. The summed E-state index contributed by atoms with van der Waals surface area (Å²) in [5.74, 6) is -0.220. The number of aryl methyl sites for hydroxylation is 1. The molecule has 6 nitrogen and oxygen atoms in total. The van der Waals surface area contributed by atoms with Gasteiger partial charge >= 0.3 is 6.18 Å². The minimum atomic E-state index is -4.61. The van der Waals surface area contributed by atoms with Gasteiger partial charge in [0.2, 0.25) is 0 Å². The Bertz CT molecular complexity index is 1280. The number of aliphatic hydroxyl groups is 1. The number of halogens is 3. The van der Waals surface area contributed by atoms with Crippen molar-refractivity contribution in [2.24, 2.45) is 7.05 Å². The van der Waals surface area contributed by atoms with E-state index >= 15 is 0 Å². The third-order valence-electron chi connectivity index (χ3n) is 4.55. The Balaban J connectivity index is 1.84. The molecule has 2 heterocycles. The molecule has 4 rings (SSSR count). The van der Waals surface area contributed by atoms with E-state index in [9.17, 15) is 23.1 Å². The quantitative estimate of drug-likeness (QED) is 0.486. The third kappa shape index (κ3) is 3.67. The SMILES string of the molecule is Cn1cnc(C(O)Nc2cccc3c(=O)cc(-c4ccccc4C(F)(F)F)oc23)c1. The molecule has 9 heteroatoms. The fraction of sp³-hybridized carbons (Fsp3) is 0.143. The first-order valence-corrected chi connectivity index (χ1v) is 8.90. The molecule has 0 aliphatic carbocycles. The van der Waals surface area contributed by atoms with Crippen LogP contribution >= 0.6 is 0 Å². The minimum Gasteiger partial charge on any atom is -0.454 e. The highest BCUT2D eigenvalue weighted by molar-refractivity contribution is 5.89. The standard InChI is InChI=1S/C21H16F3N3O3/c1-27-10-16(25-11-27)20(29)26-15-8-4-6-13-17(28)9-18(30-19(13)15)12-5-2-3-7-14(12)21(22,23)24/h2-11,20,26,29H,1H3. The largest absolute Gasteiger partial charge is 0.454 e. The molecule has 30 heavy (non-hydrogen) atoms. The fourth-order valence-electron chi connectivity index (χ4n) is 3.16. The van der Waals surface area contributed by atoms with Gasteiger partial charge in [0.05, 0.1) is 23.0 Å². The van der Waals surface area contributed by atoms with Crippen molar-refractivity contribution in [3.05, 3.63) is 82.5 Å². The molecule has 0 bridgehead atoms. The van der Waals surface area contributed by atoms with Crippen LogP contribution in [-0.2, 0) is 13.2 Å². The van der Waals surface area contributed by atoms with Gasteiger partial charge in [0, 0.05) is 24.9 Å². The molecular weight excluding hydrogens is 399 g/mol. The smallest absolute Gasteiger partial charge is 0.417 e. The van der Waals surface area contributed by atoms with Gasteiger partial charge in [-0.2, -0.15) is 13.2 Å². The molecule has 0 saturated heterocycles. The molecule has 2 aromatic heterocycles. The van der Waals surface area contributed by atoms with Gasteiger partial charge in [0.1, 0.15) is 11.5 Å². The lowest BCUT2D eigenvalue weighted by Crippen LogP contribution is -2.12. The summed E-state index contributed by atoms with van der Waals surface area (Å²) in [6, 6.07) is 10.5. The number of benzene rings is 2. The number of aromatic nitrogens is 2. The molecule has 2 aromatic carbocycles. The summed E-state index contributed by atoms with van der Waals surface area (Å²) in [5, 5.41) is 13.4. The lowest BCUT2D eigenvalue weighted by molar-refractivity contribution is -0.137. The summed E-state index contributed by atoms with van der Waals surface area (Å²) in [5.41, 5.74) is -1.05. The topological polar surface area (TPSA) is 80.3 Å². The van der Waals surface area contributed by atoms with Crippen molar-refractivity contribution >= 4 is 16.7 Å². The van der Waals surface area contributed by atoms with Crippen molar-refractivity contribution in [1.82, 2.24) is 9.55 Å². The van der Waals surface area contributed by atoms with Crippen LogP contribution in [0.5, 0.6) is 0 Å². The maximum absolute atomic E-state index is 13.4. The van der Waals surface area contributed by atoms with Crippen LogP contribution in [0.25, 0.3) is 22.3 Å². The lowest BCUT2D eigenvalue weighted by atomic mass is 10.0. The molecule has 0 amide bonds. The number of rotatable bonds is 4. The van der Waals surface area contributed by atoms with Crippen LogP contribution in [0.1, 0.15) is 17.5 Å². The van der Waals surface area contributed by atoms with Crippen LogP contribution in [0.3, 0.4) is 0 Å². The average molecular weight is 415 g/mol. The molecule has 2 N–H and O–H groups in total. The van der Waals surface area contributed by atoms with E-state index in [-0.39, 0.29) is 28.0 Å². The van der Waals surface area contributed by atoms with E-state index in [0.29, 0.717) is 5.69 Å². The van der Waals surface area contributed by atoms with E-state index in [4.69, 9.17) is 4.42 Å². The van der Waals surface area contributed by atoms with Crippen molar-refractivity contribution in [3.63, 3.8) is 0 Å². The zero-order valence-corrected chi connectivity index (χ0v) is 15.6. The number of nitrogens with one attached hydrogen (secondary N) is 1. The van der Waals surface area contributed by atoms with Crippen LogP contribution in [0.15, 0.2) is 70.3 Å². The Morgan fingerprint density at radius 3 is 2.63 bits per heavy atom. The summed E-state index contributed by atoms with van der Waals surface area (Å²) in [6.45, 7) is 0. The summed E-state index contributed by atoms with van der Waals surface area (Å²) >= 11 is 0. The van der Waals surface area contributed by atoms with Crippen molar-refractivity contribution in [2.75, 3.05) is 5.32 Å². The molecule has 0 fully saturated rings. The predicted molar refractivity (Wildman–Crippen MR) is 105 cm³/mol. The number of hydrogen-bond donors (Lipinski definition) is 2. The van der Waals surface area contributed by atoms with Gasteiger partial charge in [-0.25, -0.2) is 4.98 Å². The molecule has 0 radical (unpaired) electrons. The first-order chi connectivity index (χ1) is 14.2. The van der Waals surface area contributed by atoms with Gasteiger partial charge in [-0.15, -0.1) is 0 Å². The molecule has 0 spiro atoms. The number of hydrogen-bond acceptors (Lipinski definition) is 5. The second-order valence-electron chi connectivity index (χ2n) is 6.71. The van der Waals surface area contributed by atoms with E-state index < -0.39 is 23.4 Å². The first kappa shape index (κ1) is 19.7. The van der Waals surface area contributed by atoms with Crippen molar-refractivity contribution in [1.29, 1.82) is 0 Å². The average Bonchev–Trinajstić information content (AvgIpc) is 3.14. The number of nitrogens with zero attached hydrogens (tertiary/aromatic N) is 2. The monoisotopic (exact) mass is 415 g/mol. The van der Waals surface area contributed by atoms with Crippen LogP contribution in [0.4, 0.5) is 18.9 Å². The first-order valence-electron chi connectivity index (χ1n) is 8.90. The zero-order chi connectivity index (χ0) is 21.5. The lowest BCUT2D eigenvalue weighted by Gasteiger charge is -2.15. The number of anilines is 1. The third-order valence-corrected chi connectivity index (χ3v) is 4.55. The van der Waals surface area contributed by atoms with E-state index in [0.717, 1.165) is 12.1 Å². The molecular formula is C21H16F3N3O3. The second-order valence-corrected chi connectivity index (χ2v) is 6.71. The Labute approximate surface area is 168 Å². The van der Waals surface area contributed by atoms with E-state index in [1.54, 1.807) is 29.9 Å². The Hall–Kier alpha value is -3.59. The van der Waals surface area contributed by atoms with Gasteiger partial charge in [-0.1, -0.05) is 24.3 Å². The normalized spacial score (nSPS) is 12.8. The highest BCUT2D eigenvalue weighted by Gasteiger charge is 2.34. The van der Waals surface area contributed by atoms with Crippen LogP contribution < -0.4 is 10.7 Å². The minimum absolute atomic E-state index is 0.0342. The predicted octanol–water partition coefficient (Wildman–Crippen LogP) is 4.32. The summed E-state index contributed by atoms with van der Waals surface area (Å²) in [4.78, 5) is 16.6. The molecule has 1 unspecified atom stereocenters. The number of imidazole rings is 1. The maximum atomic E-state index is 13.4. The van der Waals surface area contributed by atoms with E-state index in [1.165, 1.54) is 30.6 Å². The fourth-order valence-corrected chi connectivity index (χ4v) is 3.16. The molecule has 0 aliphatic heterocycles. The van der Waals surface area contributed by atoms with Gasteiger partial charge in [-0.05, 0) is 18.2 Å². The van der Waals surface area contributed by atoms with Crippen LogP contribution in [0, 0.1) is 0 Å². The Morgan fingerprint density at radius 1 is 1.17 bits per heavy atom. The van der Waals surface area contributed by atoms with E-state index in [1.807, 2.05) is 0 Å². The van der Waals surface area contributed by atoms with Gasteiger partial charge < -0.3 is 19.4 Å². The maximum Gasteiger partial charge on any atom is 0.417 e. The number of aliphatic hydroxyl groups excluding tert-OH is 1. The Kier molecular flexibility index (Phi) is 4.83. The molecule has 4 aromatic rings. The zero-order valence-electron chi connectivity index (χ0n) is 15.6. The van der Waals surface area contributed by atoms with Crippen LogP contribution in [0.2, 0.25) is 0 Å². The van der Waals surface area contributed by atoms with Crippen LogP contribution in [-0.4, -0.2) is 14.7 Å². The van der Waals surface area contributed by atoms with Gasteiger partial charge in [0.15, 0.2) is 17.2 Å². The summed E-state index contributed by atoms with van der Waals surface area (Å²) < 4.78 is 47.6. The number of alkyl halides is 3. The highest BCUT2D eigenvalue weighted by Crippen LogP contribution is 2.38. The highest BCUT2D eigenvalue weighted by atomic mass is 19.4. The summed E-state index contributed by atoms with van der Waals surface area (Å²) in [7, 11) is 1.74. The molecule has 0 aliphatic rings. The van der Waals surface area contributed by atoms with Gasteiger partial charge in [-0.3, -0.25) is 4.79 Å². The van der Waals surface area contributed by atoms with Crippen molar-refractivity contribution < 1.29 is 22.7 Å². The Morgan fingerprint density at radius 2 is 1.93 bits per heavy atom. The van der Waals surface area contributed by atoms with Crippen molar-refractivity contribution in [3.8, 4) is 11.3 Å².